The Labute approximate surface area is 124 Å². The van der Waals surface area contributed by atoms with Gasteiger partial charge in [0, 0.05) is 6.42 Å². The van der Waals surface area contributed by atoms with Gasteiger partial charge in [0.05, 0.1) is 6.04 Å². The monoisotopic (exact) mass is 283 g/mol. The normalized spacial score (nSPS) is 12.1. The smallest absolute Gasteiger partial charge is 0.220 e. The molecule has 0 saturated carbocycles. The summed E-state index contributed by atoms with van der Waals surface area (Å²) in [6, 6.07) is -0.271. The summed E-state index contributed by atoms with van der Waals surface area (Å²) in [6.07, 6.45) is 12.7. The Balaban J connectivity index is 3.54. The first-order valence-corrected chi connectivity index (χ1v) is 8.25. The molecule has 0 rings (SSSR count). The minimum absolute atomic E-state index is 0.0267. The molecule has 0 aliphatic carbocycles. The molecule has 0 aliphatic rings. The van der Waals surface area contributed by atoms with E-state index in [1.165, 1.54) is 51.4 Å². The van der Waals surface area contributed by atoms with Crippen molar-refractivity contribution in [2.45, 2.75) is 90.5 Å². The Morgan fingerprint density at radius 2 is 1.50 bits per heavy atom. The fourth-order valence-electron chi connectivity index (χ4n) is 2.26. The predicted molar refractivity (Wildman–Crippen MR) is 86.0 cm³/mol. The van der Waals surface area contributed by atoms with Crippen LogP contribution >= 0.6 is 0 Å². The van der Waals surface area contributed by atoms with E-state index in [0.29, 0.717) is 6.42 Å². The van der Waals surface area contributed by atoms with Crippen LogP contribution in [0.25, 0.3) is 0 Å². The summed E-state index contributed by atoms with van der Waals surface area (Å²) < 4.78 is 0. The highest BCUT2D eigenvalue weighted by molar-refractivity contribution is 5.88. The lowest BCUT2D eigenvalue weighted by Gasteiger charge is -2.16. The van der Waals surface area contributed by atoms with Gasteiger partial charge in [-0.2, -0.15) is 0 Å². The van der Waals surface area contributed by atoms with E-state index in [2.05, 4.69) is 12.2 Å². The van der Waals surface area contributed by atoms with Gasteiger partial charge in [0.2, 0.25) is 5.91 Å². The zero-order valence-electron chi connectivity index (χ0n) is 13.3. The molecular formula is C16H33N3O. The van der Waals surface area contributed by atoms with Gasteiger partial charge in [-0.25, -0.2) is 0 Å². The first-order chi connectivity index (χ1) is 9.61. The van der Waals surface area contributed by atoms with Crippen molar-refractivity contribution in [3.8, 4) is 0 Å². The number of rotatable bonds is 13. The Morgan fingerprint density at radius 1 is 1.00 bits per heavy atom. The highest BCUT2D eigenvalue weighted by Gasteiger charge is 2.13. The Hall–Kier alpha value is -1.06. The maximum absolute atomic E-state index is 11.3. The van der Waals surface area contributed by atoms with E-state index in [1.807, 2.05) is 6.92 Å². The van der Waals surface area contributed by atoms with E-state index in [4.69, 9.17) is 11.1 Å². The van der Waals surface area contributed by atoms with E-state index < -0.39 is 0 Å². The maximum atomic E-state index is 11.3. The largest absolute Gasteiger partial charge is 0.386 e. The van der Waals surface area contributed by atoms with Crippen LogP contribution in [0.15, 0.2) is 0 Å². The van der Waals surface area contributed by atoms with Crippen molar-refractivity contribution in [1.29, 1.82) is 5.41 Å². The third-order valence-electron chi connectivity index (χ3n) is 3.63. The van der Waals surface area contributed by atoms with Crippen LogP contribution in [-0.4, -0.2) is 17.8 Å². The molecule has 0 aromatic heterocycles. The van der Waals surface area contributed by atoms with Gasteiger partial charge in [0.15, 0.2) is 0 Å². The summed E-state index contributed by atoms with van der Waals surface area (Å²) in [4.78, 5) is 11.3. The van der Waals surface area contributed by atoms with E-state index in [-0.39, 0.29) is 17.8 Å². The molecule has 20 heavy (non-hydrogen) atoms. The molecule has 0 bridgehead atoms. The number of nitrogens with one attached hydrogen (secondary N) is 2. The number of hydrogen-bond donors (Lipinski definition) is 3. The molecule has 0 radical (unpaired) electrons. The highest BCUT2D eigenvalue weighted by Crippen LogP contribution is 2.11. The first kappa shape index (κ1) is 18.9. The lowest BCUT2D eigenvalue weighted by molar-refractivity contribution is -0.121. The Kier molecular flexibility index (Phi) is 12.3. The molecule has 0 aromatic rings. The number of nitrogens with two attached hydrogens (primary N) is 1. The zero-order chi connectivity index (χ0) is 15.2. The van der Waals surface area contributed by atoms with Crippen LogP contribution < -0.4 is 11.1 Å². The lowest BCUT2D eigenvalue weighted by Crippen LogP contribution is -2.43. The summed E-state index contributed by atoms with van der Waals surface area (Å²) in [7, 11) is 0. The number of unbranched alkanes of at least 4 members (excludes halogenated alkanes) is 8. The fourth-order valence-corrected chi connectivity index (χ4v) is 2.26. The summed E-state index contributed by atoms with van der Waals surface area (Å²) in [5.41, 5.74) is 5.52. The van der Waals surface area contributed by atoms with Crippen LogP contribution in [0, 0.1) is 5.41 Å². The SMILES string of the molecule is CCCCCCCCCCCC(NC(=O)CC)C(=N)N. The second-order valence-electron chi connectivity index (χ2n) is 5.55. The topological polar surface area (TPSA) is 79.0 Å². The molecule has 118 valence electrons. The van der Waals surface area contributed by atoms with Gasteiger partial charge in [-0.15, -0.1) is 0 Å². The molecule has 0 aromatic carbocycles. The highest BCUT2D eigenvalue weighted by atomic mass is 16.1. The van der Waals surface area contributed by atoms with E-state index in [0.717, 1.165) is 12.8 Å². The maximum Gasteiger partial charge on any atom is 0.220 e. The van der Waals surface area contributed by atoms with Crippen LogP contribution in [0.2, 0.25) is 0 Å². The average molecular weight is 283 g/mol. The average Bonchev–Trinajstić information content (AvgIpc) is 2.43. The molecule has 1 unspecified atom stereocenters. The quantitative estimate of drug-likeness (QED) is 0.273. The Morgan fingerprint density at radius 3 is 1.95 bits per heavy atom. The van der Waals surface area contributed by atoms with Gasteiger partial charge in [0.25, 0.3) is 0 Å². The lowest BCUT2D eigenvalue weighted by atomic mass is 10.0. The second-order valence-corrected chi connectivity index (χ2v) is 5.55. The molecule has 0 heterocycles. The summed E-state index contributed by atoms with van der Waals surface area (Å²) in [5, 5.41) is 10.3. The van der Waals surface area contributed by atoms with Crippen LogP contribution in [0.3, 0.4) is 0 Å². The van der Waals surface area contributed by atoms with Gasteiger partial charge in [-0.1, -0.05) is 71.6 Å². The van der Waals surface area contributed by atoms with Crippen LogP contribution in [0.5, 0.6) is 0 Å². The molecule has 1 atom stereocenters. The van der Waals surface area contributed by atoms with Gasteiger partial charge >= 0.3 is 0 Å². The number of carbonyl (C=O) groups is 1. The summed E-state index contributed by atoms with van der Waals surface area (Å²) in [6.45, 7) is 4.05. The third kappa shape index (κ3) is 10.8. The Bertz CT molecular complexity index is 266. The third-order valence-corrected chi connectivity index (χ3v) is 3.63. The van der Waals surface area contributed by atoms with Gasteiger partial charge in [0.1, 0.15) is 5.84 Å². The zero-order valence-corrected chi connectivity index (χ0v) is 13.3. The van der Waals surface area contributed by atoms with E-state index in [9.17, 15) is 4.79 Å². The van der Waals surface area contributed by atoms with E-state index >= 15 is 0 Å². The molecule has 4 heteroatoms. The van der Waals surface area contributed by atoms with Crippen LogP contribution in [-0.2, 0) is 4.79 Å². The molecule has 0 saturated heterocycles. The summed E-state index contributed by atoms with van der Waals surface area (Å²) >= 11 is 0. The van der Waals surface area contributed by atoms with Crippen LogP contribution in [0.4, 0.5) is 0 Å². The molecule has 4 N–H and O–H groups in total. The minimum Gasteiger partial charge on any atom is -0.386 e. The van der Waals surface area contributed by atoms with Crippen molar-refractivity contribution >= 4 is 11.7 Å². The fraction of sp³-hybridized carbons (Fsp3) is 0.875. The van der Waals surface area contributed by atoms with Crippen molar-refractivity contribution in [3.05, 3.63) is 0 Å². The minimum atomic E-state index is -0.271. The van der Waals surface area contributed by atoms with Gasteiger partial charge < -0.3 is 11.1 Å². The van der Waals surface area contributed by atoms with E-state index in [1.54, 1.807) is 0 Å². The van der Waals surface area contributed by atoms with Crippen LogP contribution in [0.1, 0.15) is 84.5 Å². The molecule has 0 fully saturated rings. The standard InChI is InChI=1S/C16H33N3O/c1-3-5-6-7-8-9-10-11-12-13-14(16(17)18)19-15(20)4-2/h14H,3-13H2,1-2H3,(H3,17,18)(H,19,20). The summed E-state index contributed by atoms with van der Waals surface area (Å²) in [5.74, 6) is 0.0486. The molecule has 1 amide bonds. The van der Waals surface area contributed by atoms with Crippen molar-refractivity contribution in [1.82, 2.24) is 5.32 Å². The number of amidine groups is 1. The van der Waals surface area contributed by atoms with Crippen molar-refractivity contribution in [2.75, 3.05) is 0 Å². The number of amides is 1. The van der Waals surface area contributed by atoms with Gasteiger partial charge in [-0.3, -0.25) is 10.2 Å². The van der Waals surface area contributed by atoms with Gasteiger partial charge in [-0.05, 0) is 6.42 Å². The van der Waals surface area contributed by atoms with Crippen molar-refractivity contribution in [2.24, 2.45) is 5.73 Å². The molecule has 0 aliphatic heterocycles. The number of hydrogen-bond acceptors (Lipinski definition) is 2. The van der Waals surface area contributed by atoms with Crippen molar-refractivity contribution in [3.63, 3.8) is 0 Å². The van der Waals surface area contributed by atoms with Crippen molar-refractivity contribution < 1.29 is 4.79 Å². The molecule has 0 spiro atoms. The molecule has 4 nitrogen and oxygen atoms in total. The first-order valence-electron chi connectivity index (χ1n) is 8.25. The predicted octanol–water partition coefficient (Wildman–Crippen LogP) is 3.74. The second kappa shape index (κ2) is 12.9. The molecular weight excluding hydrogens is 250 g/mol. The number of carbonyl (C=O) groups excluding carboxylic acids is 1.